The molecule has 1 aromatic carbocycles. The van der Waals surface area contributed by atoms with Gasteiger partial charge in [-0.2, -0.15) is 0 Å². The summed E-state index contributed by atoms with van der Waals surface area (Å²) in [6, 6.07) is 6.94. The molecule has 0 spiro atoms. The second-order valence-electron chi connectivity index (χ2n) is 6.12. The zero-order valence-electron chi connectivity index (χ0n) is 13.0. The quantitative estimate of drug-likeness (QED) is 0.921. The van der Waals surface area contributed by atoms with E-state index in [1.165, 1.54) is 12.1 Å². The van der Waals surface area contributed by atoms with Crippen LogP contribution in [0.2, 0.25) is 0 Å². The molecule has 22 heavy (non-hydrogen) atoms. The van der Waals surface area contributed by atoms with Crippen LogP contribution in [0.15, 0.2) is 28.7 Å². The highest BCUT2D eigenvalue weighted by atomic mass is 19.1. The normalized spacial score (nSPS) is 17.6. The molecule has 1 N–H and O–H groups in total. The van der Waals surface area contributed by atoms with Crippen molar-refractivity contribution in [2.45, 2.75) is 25.4 Å². The van der Waals surface area contributed by atoms with E-state index in [0.29, 0.717) is 24.7 Å². The summed E-state index contributed by atoms with van der Waals surface area (Å²) in [4.78, 5) is 4.61. The molecule has 1 aliphatic heterocycles. The van der Waals surface area contributed by atoms with Gasteiger partial charge in [-0.05, 0) is 57.2 Å². The summed E-state index contributed by atoms with van der Waals surface area (Å²) >= 11 is 0. The Hall–Kier alpha value is -1.43. The molecule has 0 saturated carbocycles. The number of hydrogen-bond acceptors (Lipinski definition) is 4. The summed E-state index contributed by atoms with van der Waals surface area (Å²) < 4.78 is 19.1. The second kappa shape index (κ2) is 6.77. The predicted molar refractivity (Wildman–Crippen MR) is 84.2 cm³/mol. The fourth-order valence-corrected chi connectivity index (χ4v) is 3.23. The van der Waals surface area contributed by atoms with E-state index in [-0.39, 0.29) is 12.4 Å². The van der Waals surface area contributed by atoms with Crippen molar-refractivity contribution in [1.82, 2.24) is 9.80 Å². The number of aliphatic hydroxyl groups excluding tert-OH is 1. The van der Waals surface area contributed by atoms with Crippen LogP contribution >= 0.6 is 0 Å². The summed E-state index contributed by atoms with van der Waals surface area (Å²) in [5.41, 5.74) is 0.712. The standard InChI is InChI=1S/C17H23FN2O2/c1-19-6-4-15(5-7-19)20(8-9-21)12-16-11-13-10-14(18)2-3-17(13)22-16/h2-3,10-11,15,21H,4-9,12H2,1H3. The molecule has 1 fully saturated rings. The van der Waals surface area contributed by atoms with Gasteiger partial charge in [0.05, 0.1) is 13.2 Å². The molecule has 2 heterocycles. The molecule has 0 unspecified atom stereocenters. The van der Waals surface area contributed by atoms with E-state index in [1.807, 2.05) is 6.07 Å². The number of furan rings is 1. The number of benzene rings is 1. The highest BCUT2D eigenvalue weighted by Crippen LogP contribution is 2.23. The molecule has 3 rings (SSSR count). The van der Waals surface area contributed by atoms with Gasteiger partial charge < -0.3 is 14.4 Å². The van der Waals surface area contributed by atoms with Crippen LogP contribution in [0.5, 0.6) is 0 Å². The second-order valence-corrected chi connectivity index (χ2v) is 6.12. The lowest BCUT2D eigenvalue weighted by Crippen LogP contribution is -2.44. The van der Waals surface area contributed by atoms with Crippen molar-refractivity contribution in [3.05, 3.63) is 35.8 Å². The van der Waals surface area contributed by atoms with E-state index in [1.54, 1.807) is 6.07 Å². The van der Waals surface area contributed by atoms with Gasteiger partial charge in [0.2, 0.25) is 0 Å². The first-order valence-electron chi connectivity index (χ1n) is 7.87. The zero-order chi connectivity index (χ0) is 15.5. The van der Waals surface area contributed by atoms with Gasteiger partial charge in [-0.1, -0.05) is 0 Å². The number of halogens is 1. The Balaban J connectivity index is 1.74. The number of likely N-dealkylation sites (tertiary alicyclic amines) is 1. The lowest BCUT2D eigenvalue weighted by Gasteiger charge is -2.36. The minimum atomic E-state index is -0.248. The van der Waals surface area contributed by atoms with Crippen LogP contribution in [0.4, 0.5) is 4.39 Å². The number of hydrogen-bond donors (Lipinski definition) is 1. The summed E-state index contributed by atoms with van der Waals surface area (Å²) in [5.74, 6) is 0.579. The van der Waals surface area contributed by atoms with Gasteiger partial charge in [0.25, 0.3) is 0 Å². The van der Waals surface area contributed by atoms with E-state index < -0.39 is 0 Å². The molecule has 1 aliphatic rings. The Labute approximate surface area is 130 Å². The molecule has 5 heteroatoms. The monoisotopic (exact) mass is 306 g/mol. The third-order valence-electron chi connectivity index (χ3n) is 4.48. The summed E-state index contributed by atoms with van der Waals surface area (Å²) in [6.07, 6.45) is 2.21. The lowest BCUT2D eigenvalue weighted by atomic mass is 10.0. The van der Waals surface area contributed by atoms with Gasteiger partial charge in [0.15, 0.2) is 0 Å². The van der Waals surface area contributed by atoms with Crippen molar-refractivity contribution in [2.24, 2.45) is 0 Å². The molecule has 0 atom stereocenters. The van der Waals surface area contributed by atoms with Crippen molar-refractivity contribution in [1.29, 1.82) is 0 Å². The molecular weight excluding hydrogens is 283 g/mol. The van der Waals surface area contributed by atoms with Crippen LogP contribution in [0.1, 0.15) is 18.6 Å². The van der Waals surface area contributed by atoms with Crippen molar-refractivity contribution >= 4 is 11.0 Å². The highest BCUT2D eigenvalue weighted by molar-refractivity contribution is 5.77. The molecule has 1 saturated heterocycles. The Morgan fingerprint density at radius 2 is 2.09 bits per heavy atom. The highest BCUT2D eigenvalue weighted by Gasteiger charge is 2.23. The van der Waals surface area contributed by atoms with E-state index in [0.717, 1.165) is 37.1 Å². The molecule has 120 valence electrons. The van der Waals surface area contributed by atoms with Gasteiger partial charge in [0, 0.05) is 18.0 Å². The molecule has 0 bridgehead atoms. The minimum Gasteiger partial charge on any atom is -0.460 e. The van der Waals surface area contributed by atoms with Crippen molar-refractivity contribution in [2.75, 3.05) is 33.3 Å². The topological polar surface area (TPSA) is 39.9 Å². The van der Waals surface area contributed by atoms with Crippen LogP contribution in [0, 0.1) is 5.82 Å². The SMILES string of the molecule is CN1CCC(N(CCO)Cc2cc3cc(F)ccc3o2)CC1. The van der Waals surface area contributed by atoms with E-state index in [4.69, 9.17) is 4.42 Å². The van der Waals surface area contributed by atoms with Crippen molar-refractivity contribution in [3.63, 3.8) is 0 Å². The Bertz CT molecular complexity index is 620. The Kier molecular flexibility index (Phi) is 4.76. The van der Waals surface area contributed by atoms with Gasteiger partial charge in [-0.3, -0.25) is 4.90 Å². The fourth-order valence-electron chi connectivity index (χ4n) is 3.23. The van der Waals surface area contributed by atoms with Crippen LogP contribution in [0.3, 0.4) is 0 Å². The maximum Gasteiger partial charge on any atom is 0.134 e. The van der Waals surface area contributed by atoms with Gasteiger partial charge >= 0.3 is 0 Å². The molecule has 2 aromatic rings. The molecule has 1 aromatic heterocycles. The van der Waals surface area contributed by atoms with E-state index in [2.05, 4.69) is 16.8 Å². The molecule has 4 nitrogen and oxygen atoms in total. The number of piperidine rings is 1. The third-order valence-corrected chi connectivity index (χ3v) is 4.48. The third kappa shape index (κ3) is 3.48. The first kappa shape index (κ1) is 15.5. The van der Waals surface area contributed by atoms with Gasteiger partial charge in [-0.15, -0.1) is 0 Å². The van der Waals surface area contributed by atoms with Gasteiger partial charge in [-0.25, -0.2) is 4.39 Å². The average molecular weight is 306 g/mol. The largest absolute Gasteiger partial charge is 0.460 e. The number of rotatable bonds is 5. The number of nitrogens with zero attached hydrogens (tertiary/aromatic N) is 2. The maximum absolute atomic E-state index is 13.3. The molecular formula is C17H23FN2O2. The molecule has 0 amide bonds. The first-order chi connectivity index (χ1) is 10.7. The summed E-state index contributed by atoms with van der Waals surface area (Å²) in [7, 11) is 2.14. The van der Waals surface area contributed by atoms with Crippen molar-refractivity contribution < 1.29 is 13.9 Å². The van der Waals surface area contributed by atoms with Crippen LogP contribution in [-0.2, 0) is 6.54 Å². The van der Waals surface area contributed by atoms with Gasteiger partial charge in [0.1, 0.15) is 17.2 Å². The van der Waals surface area contributed by atoms with E-state index in [9.17, 15) is 9.50 Å². The zero-order valence-corrected chi connectivity index (χ0v) is 13.0. The number of aliphatic hydroxyl groups is 1. The lowest BCUT2D eigenvalue weighted by molar-refractivity contribution is 0.0888. The molecule has 0 radical (unpaired) electrons. The Morgan fingerprint density at radius 1 is 1.32 bits per heavy atom. The minimum absolute atomic E-state index is 0.140. The maximum atomic E-state index is 13.3. The number of fused-ring (bicyclic) bond motifs is 1. The van der Waals surface area contributed by atoms with Crippen LogP contribution in [-0.4, -0.2) is 54.2 Å². The average Bonchev–Trinajstić information content (AvgIpc) is 2.89. The fraction of sp³-hybridized carbons (Fsp3) is 0.529. The Morgan fingerprint density at radius 3 is 2.82 bits per heavy atom. The summed E-state index contributed by atoms with van der Waals surface area (Å²) in [5, 5.41) is 10.1. The van der Waals surface area contributed by atoms with E-state index >= 15 is 0 Å². The molecule has 0 aliphatic carbocycles. The summed E-state index contributed by atoms with van der Waals surface area (Å²) in [6.45, 7) is 3.60. The van der Waals surface area contributed by atoms with Crippen molar-refractivity contribution in [3.8, 4) is 0 Å². The predicted octanol–water partition coefficient (Wildman–Crippen LogP) is 2.46. The smallest absolute Gasteiger partial charge is 0.134 e. The van der Waals surface area contributed by atoms with Crippen LogP contribution in [0.25, 0.3) is 11.0 Å². The first-order valence-corrected chi connectivity index (χ1v) is 7.87. The van der Waals surface area contributed by atoms with Crippen LogP contribution < -0.4 is 0 Å².